The molecule has 3 rings (SSSR count). The minimum atomic E-state index is 0. The van der Waals surface area contributed by atoms with E-state index in [9.17, 15) is 0 Å². The van der Waals surface area contributed by atoms with Gasteiger partial charge in [-0.1, -0.05) is 30.0 Å². The minimum absolute atomic E-state index is 0. The van der Waals surface area contributed by atoms with E-state index < -0.39 is 0 Å². The molecule has 122 valence electrons. The summed E-state index contributed by atoms with van der Waals surface area (Å²) in [7, 11) is 2.06. The SMILES string of the molecule is Cn1cccc1CNCCSc1nnnn1-c1ccccc1.[Cl-]. The van der Waals surface area contributed by atoms with Crippen molar-refractivity contribution in [3.05, 3.63) is 54.4 Å². The molecule has 0 radical (unpaired) electrons. The molecule has 0 amide bonds. The van der Waals surface area contributed by atoms with E-state index in [1.54, 1.807) is 16.4 Å². The quantitative estimate of drug-likeness (QED) is 0.433. The first-order valence-corrected chi connectivity index (χ1v) is 8.10. The number of nitrogens with one attached hydrogen (secondary N) is 1. The third-order valence-corrected chi connectivity index (χ3v) is 4.23. The second kappa shape index (κ2) is 8.71. The topological polar surface area (TPSA) is 60.6 Å². The fourth-order valence-electron chi connectivity index (χ4n) is 2.11. The van der Waals surface area contributed by atoms with Crippen molar-refractivity contribution in [2.45, 2.75) is 11.7 Å². The molecule has 1 N–H and O–H groups in total. The third-order valence-electron chi connectivity index (χ3n) is 3.31. The zero-order chi connectivity index (χ0) is 15.2. The normalized spacial score (nSPS) is 10.5. The van der Waals surface area contributed by atoms with E-state index in [0.29, 0.717) is 0 Å². The van der Waals surface area contributed by atoms with Crippen LogP contribution in [0.25, 0.3) is 5.69 Å². The van der Waals surface area contributed by atoms with Crippen molar-refractivity contribution >= 4 is 11.8 Å². The van der Waals surface area contributed by atoms with Crippen molar-refractivity contribution in [2.75, 3.05) is 12.3 Å². The fourth-order valence-corrected chi connectivity index (χ4v) is 2.90. The molecule has 6 nitrogen and oxygen atoms in total. The predicted octanol–water partition coefficient (Wildman–Crippen LogP) is -1.11. The molecule has 0 bridgehead atoms. The Kier molecular flexibility index (Phi) is 6.64. The van der Waals surface area contributed by atoms with Crippen LogP contribution in [-0.2, 0) is 13.6 Å². The molecule has 0 aliphatic rings. The van der Waals surface area contributed by atoms with Crippen LogP contribution in [0.1, 0.15) is 5.69 Å². The van der Waals surface area contributed by atoms with Crippen molar-refractivity contribution < 1.29 is 12.4 Å². The average Bonchev–Trinajstić information content (AvgIpc) is 3.17. The average molecular weight is 350 g/mol. The van der Waals surface area contributed by atoms with Gasteiger partial charge in [0.15, 0.2) is 0 Å². The highest BCUT2D eigenvalue weighted by Crippen LogP contribution is 2.17. The van der Waals surface area contributed by atoms with Gasteiger partial charge in [-0.05, 0) is 34.7 Å². The number of thioether (sulfide) groups is 1. The maximum atomic E-state index is 4.09. The van der Waals surface area contributed by atoms with Gasteiger partial charge in [-0.15, -0.1) is 5.10 Å². The molecule has 2 aromatic heterocycles. The molecule has 0 saturated heterocycles. The minimum Gasteiger partial charge on any atom is -1.00 e. The maximum absolute atomic E-state index is 4.09. The number of benzene rings is 1. The highest BCUT2D eigenvalue weighted by Gasteiger charge is 2.08. The Morgan fingerprint density at radius 1 is 1.13 bits per heavy atom. The maximum Gasteiger partial charge on any atom is 0.214 e. The smallest absolute Gasteiger partial charge is 0.214 e. The van der Waals surface area contributed by atoms with Crippen LogP contribution >= 0.6 is 11.8 Å². The number of aryl methyl sites for hydroxylation is 1. The van der Waals surface area contributed by atoms with Gasteiger partial charge < -0.3 is 22.3 Å². The zero-order valence-corrected chi connectivity index (χ0v) is 14.3. The molecule has 0 fully saturated rings. The number of hydrogen-bond acceptors (Lipinski definition) is 5. The van der Waals surface area contributed by atoms with E-state index in [0.717, 1.165) is 29.7 Å². The van der Waals surface area contributed by atoms with Gasteiger partial charge in [-0.2, -0.15) is 4.68 Å². The second-order valence-corrected chi connectivity index (χ2v) is 5.91. The molecular weight excluding hydrogens is 332 g/mol. The van der Waals surface area contributed by atoms with E-state index in [4.69, 9.17) is 0 Å². The molecule has 2 heterocycles. The summed E-state index contributed by atoms with van der Waals surface area (Å²) in [6.45, 7) is 1.77. The molecule has 0 saturated carbocycles. The number of rotatable bonds is 7. The Morgan fingerprint density at radius 3 is 2.70 bits per heavy atom. The zero-order valence-electron chi connectivity index (χ0n) is 12.8. The van der Waals surface area contributed by atoms with Gasteiger partial charge in [0.25, 0.3) is 0 Å². The lowest BCUT2D eigenvalue weighted by molar-refractivity contribution is -0.00000466. The molecule has 0 spiro atoms. The lowest BCUT2D eigenvalue weighted by Gasteiger charge is -2.06. The number of nitrogens with zero attached hydrogens (tertiary/aromatic N) is 5. The summed E-state index contributed by atoms with van der Waals surface area (Å²) in [5.74, 6) is 0.914. The molecule has 0 aliphatic carbocycles. The van der Waals surface area contributed by atoms with Gasteiger partial charge in [-0.3, -0.25) is 0 Å². The third kappa shape index (κ3) is 4.57. The van der Waals surface area contributed by atoms with Crippen LogP contribution in [0.2, 0.25) is 0 Å². The Hall–Kier alpha value is -1.83. The Bertz CT molecular complexity index is 712. The van der Waals surface area contributed by atoms with Gasteiger partial charge in [0.05, 0.1) is 5.69 Å². The second-order valence-electron chi connectivity index (χ2n) is 4.84. The van der Waals surface area contributed by atoms with Crippen molar-refractivity contribution in [2.24, 2.45) is 7.05 Å². The summed E-state index contributed by atoms with van der Waals surface area (Å²) >= 11 is 1.65. The highest BCUT2D eigenvalue weighted by molar-refractivity contribution is 7.99. The number of para-hydroxylation sites is 1. The van der Waals surface area contributed by atoms with Crippen LogP contribution in [0, 0.1) is 0 Å². The molecule has 1 aromatic carbocycles. The van der Waals surface area contributed by atoms with Gasteiger partial charge in [0.1, 0.15) is 0 Å². The molecule has 3 aromatic rings. The highest BCUT2D eigenvalue weighted by atomic mass is 35.5. The first kappa shape index (κ1) is 17.5. The summed E-state index contributed by atoms with van der Waals surface area (Å²) in [4.78, 5) is 0. The molecule has 0 aliphatic heterocycles. The number of hydrogen-bond donors (Lipinski definition) is 1. The fraction of sp³-hybridized carbons (Fsp3) is 0.267. The summed E-state index contributed by atoms with van der Waals surface area (Å²) in [5, 5.41) is 16.1. The first-order valence-electron chi connectivity index (χ1n) is 7.12. The lowest BCUT2D eigenvalue weighted by atomic mass is 10.3. The molecule has 8 heteroatoms. The standard InChI is InChI=1S/C15H18N6S.ClH/c1-20-10-5-8-14(20)12-16-9-11-22-15-17-18-19-21(15)13-6-3-2-4-7-13;/h2-8,10,16H,9,11-12H2,1H3;1H/p-1. The largest absolute Gasteiger partial charge is 1.00 e. The van der Waals surface area contributed by atoms with Crippen molar-refractivity contribution in [1.29, 1.82) is 0 Å². The van der Waals surface area contributed by atoms with Crippen LogP contribution in [0.5, 0.6) is 0 Å². The van der Waals surface area contributed by atoms with Gasteiger partial charge >= 0.3 is 0 Å². The number of halogens is 1. The summed E-state index contributed by atoms with van der Waals surface area (Å²) in [6.07, 6.45) is 2.06. The van der Waals surface area contributed by atoms with Crippen LogP contribution in [0.4, 0.5) is 0 Å². The monoisotopic (exact) mass is 349 g/mol. The summed E-state index contributed by atoms with van der Waals surface area (Å²) in [5.41, 5.74) is 2.26. The molecule has 0 unspecified atom stereocenters. The Balaban J connectivity index is 0.00000192. The Morgan fingerprint density at radius 2 is 1.96 bits per heavy atom. The van der Waals surface area contributed by atoms with Crippen LogP contribution in [0.3, 0.4) is 0 Å². The molecule has 0 atom stereocenters. The molecule has 23 heavy (non-hydrogen) atoms. The van der Waals surface area contributed by atoms with E-state index in [1.807, 2.05) is 30.3 Å². The van der Waals surface area contributed by atoms with Crippen LogP contribution in [0.15, 0.2) is 53.8 Å². The lowest BCUT2D eigenvalue weighted by Crippen LogP contribution is -3.00. The predicted molar refractivity (Wildman–Crippen MR) is 87.0 cm³/mol. The van der Waals surface area contributed by atoms with Crippen molar-refractivity contribution in [3.8, 4) is 5.69 Å². The molecular formula is C15H18ClN6S-. The summed E-state index contributed by atoms with van der Waals surface area (Å²) in [6, 6.07) is 14.1. The number of aromatic nitrogens is 5. The number of tetrazole rings is 1. The van der Waals surface area contributed by atoms with Crippen molar-refractivity contribution in [1.82, 2.24) is 30.1 Å². The van der Waals surface area contributed by atoms with E-state index in [1.165, 1.54) is 5.69 Å². The summed E-state index contributed by atoms with van der Waals surface area (Å²) < 4.78 is 3.89. The Labute approximate surface area is 145 Å². The van der Waals surface area contributed by atoms with Crippen molar-refractivity contribution in [3.63, 3.8) is 0 Å². The first-order chi connectivity index (χ1) is 10.8. The van der Waals surface area contributed by atoms with Gasteiger partial charge in [-0.25, -0.2) is 0 Å². The van der Waals surface area contributed by atoms with E-state index in [-0.39, 0.29) is 12.4 Å². The van der Waals surface area contributed by atoms with Crippen LogP contribution < -0.4 is 17.7 Å². The van der Waals surface area contributed by atoms with E-state index in [2.05, 4.69) is 50.8 Å². The van der Waals surface area contributed by atoms with Crippen LogP contribution in [-0.4, -0.2) is 37.1 Å². The van der Waals surface area contributed by atoms with Gasteiger partial charge in [0, 0.05) is 37.8 Å². The van der Waals surface area contributed by atoms with E-state index >= 15 is 0 Å². The van der Waals surface area contributed by atoms with Gasteiger partial charge in [0.2, 0.25) is 5.16 Å².